The van der Waals surface area contributed by atoms with Gasteiger partial charge in [0, 0.05) is 13.1 Å². The van der Waals surface area contributed by atoms with Crippen LogP contribution in [-0.2, 0) is 0 Å². The zero-order valence-electron chi connectivity index (χ0n) is 9.79. The van der Waals surface area contributed by atoms with Crippen molar-refractivity contribution in [3.8, 4) is 6.07 Å². The van der Waals surface area contributed by atoms with Crippen molar-refractivity contribution in [2.75, 3.05) is 37.2 Å². The van der Waals surface area contributed by atoms with Gasteiger partial charge < -0.3 is 16.0 Å². The summed E-state index contributed by atoms with van der Waals surface area (Å²) in [5.41, 5.74) is 6.24. The van der Waals surface area contributed by atoms with Crippen LogP contribution in [0.1, 0.15) is 18.7 Å². The maximum Gasteiger partial charge on any atom is 0.129 e. The number of hydrogen-bond acceptors (Lipinski definition) is 5. The van der Waals surface area contributed by atoms with Crippen molar-refractivity contribution in [1.29, 1.82) is 5.26 Å². The van der Waals surface area contributed by atoms with Gasteiger partial charge in [0.05, 0.1) is 10.7 Å². The molecule has 0 saturated heterocycles. The average Bonchev–Trinajstić information content (AvgIpc) is 2.65. The molecule has 3 N–H and O–H groups in total. The molecule has 0 unspecified atom stereocenters. The minimum absolute atomic E-state index is 0.567. The molecule has 1 aromatic heterocycles. The van der Waals surface area contributed by atoms with Crippen LogP contribution in [0.25, 0.3) is 0 Å². The fourth-order valence-corrected chi connectivity index (χ4v) is 2.26. The first-order valence-corrected chi connectivity index (χ1v) is 6.28. The summed E-state index contributed by atoms with van der Waals surface area (Å²) in [6.07, 6.45) is 0. The molecule has 1 rings (SSSR count). The number of hydrogen-bond donors (Lipinski definition) is 2. The Hall–Kier alpha value is -1.25. The Morgan fingerprint density at radius 2 is 2.19 bits per heavy atom. The van der Waals surface area contributed by atoms with Crippen molar-refractivity contribution in [3.63, 3.8) is 0 Å². The number of thiophene rings is 1. The summed E-state index contributed by atoms with van der Waals surface area (Å²) in [5, 5.41) is 13.0. The van der Waals surface area contributed by atoms with Crippen molar-refractivity contribution in [2.24, 2.45) is 0 Å². The van der Waals surface area contributed by atoms with Crippen molar-refractivity contribution < 1.29 is 0 Å². The zero-order chi connectivity index (χ0) is 12.0. The lowest BCUT2D eigenvalue weighted by molar-refractivity contribution is 0.316. The Bertz CT molecular complexity index is 363. The van der Waals surface area contributed by atoms with Gasteiger partial charge in [0.15, 0.2) is 0 Å². The molecule has 0 atom stereocenters. The second-order valence-corrected chi connectivity index (χ2v) is 4.51. The van der Waals surface area contributed by atoms with E-state index in [2.05, 4.69) is 30.1 Å². The van der Waals surface area contributed by atoms with Crippen LogP contribution in [0.5, 0.6) is 0 Å². The van der Waals surface area contributed by atoms with Crippen LogP contribution in [0.3, 0.4) is 0 Å². The van der Waals surface area contributed by atoms with Gasteiger partial charge in [0.25, 0.3) is 0 Å². The van der Waals surface area contributed by atoms with E-state index in [0.29, 0.717) is 10.6 Å². The molecule has 1 aromatic rings. The molecule has 0 saturated carbocycles. The molecule has 1 heterocycles. The maximum absolute atomic E-state index is 8.77. The quantitative estimate of drug-likeness (QED) is 0.795. The number of anilines is 2. The van der Waals surface area contributed by atoms with E-state index in [1.807, 2.05) is 6.07 Å². The highest BCUT2D eigenvalue weighted by Gasteiger charge is 2.05. The van der Waals surface area contributed by atoms with Crippen LogP contribution in [0.4, 0.5) is 10.7 Å². The van der Waals surface area contributed by atoms with Gasteiger partial charge in [-0.1, -0.05) is 13.8 Å². The van der Waals surface area contributed by atoms with Gasteiger partial charge in [0.1, 0.15) is 10.9 Å². The molecule has 88 valence electrons. The largest absolute Gasteiger partial charge is 0.397 e. The van der Waals surface area contributed by atoms with E-state index in [-0.39, 0.29) is 0 Å². The number of nitrogens with one attached hydrogen (secondary N) is 1. The number of nitrogen functional groups attached to an aromatic ring is 1. The fraction of sp³-hybridized carbons (Fsp3) is 0.545. The maximum atomic E-state index is 8.77. The number of rotatable bonds is 6. The lowest BCUT2D eigenvalue weighted by Crippen LogP contribution is -2.28. The molecule has 0 spiro atoms. The second kappa shape index (κ2) is 6.36. The molecule has 0 aliphatic carbocycles. The smallest absolute Gasteiger partial charge is 0.129 e. The Morgan fingerprint density at radius 1 is 1.50 bits per heavy atom. The summed E-state index contributed by atoms with van der Waals surface area (Å²) in [6, 6.07) is 3.91. The molecule has 0 aliphatic rings. The third kappa shape index (κ3) is 3.40. The zero-order valence-corrected chi connectivity index (χ0v) is 10.6. The minimum atomic E-state index is 0.567. The Kier molecular flexibility index (Phi) is 5.09. The van der Waals surface area contributed by atoms with Gasteiger partial charge in [-0.3, -0.25) is 0 Å². The molecule has 0 aromatic carbocycles. The number of nitrogens with zero attached hydrogens (tertiary/aromatic N) is 2. The van der Waals surface area contributed by atoms with Gasteiger partial charge in [-0.05, 0) is 19.2 Å². The van der Waals surface area contributed by atoms with Gasteiger partial charge >= 0.3 is 0 Å². The highest BCUT2D eigenvalue weighted by molar-refractivity contribution is 7.17. The molecule has 0 radical (unpaired) electrons. The van der Waals surface area contributed by atoms with Gasteiger partial charge in [-0.15, -0.1) is 11.3 Å². The van der Waals surface area contributed by atoms with Crippen LogP contribution < -0.4 is 11.1 Å². The van der Waals surface area contributed by atoms with E-state index in [4.69, 9.17) is 11.0 Å². The van der Waals surface area contributed by atoms with E-state index >= 15 is 0 Å². The first-order valence-electron chi connectivity index (χ1n) is 5.46. The highest BCUT2D eigenvalue weighted by atomic mass is 32.1. The van der Waals surface area contributed by atoms with Crippen molar-refractivity contribution in [3.05, 3.63) is 10.9 Å². The summed E-state index contributed by atoms with van der Waals surface area (Å²) >= 11 is 1.41. The average molecular weight is 238 g/mol. The monoisotopic (exact) mass is 238 g/mol. The van der Waals surface area contributed by atoms with Crippen LogP contribution in [0.2, 0.25) is 0 Å². The van der Waals surface area contributed by atoms with Crippen LogP contribution >= 0.6 is 11.3 Å². The molecule has 0 fully saturated rings. The molecular formula is C11H18N4S. The lowest BCUT2D eigenvalue weighted by Gasteiger charge is -2.17. The predicted molar refractivity (Wildman–Crippen MR) is 69.7 cm³/mol. The van der Waals surface area contributed by atoms with Crippen LogP contribution in [0, 0.1) is 11.3 Å². The lowest BCUT2D eigenvalue weighted by atomic mass is 10.4. The Morgan fingerprint density at radius 3 is 2.69 bits per heavy atom. The molecule has 0 amide bonds. The summed E-state index contributed by atoms with van der Waals surface area (Å²) < 4.78 is 0. The number of likely N-dealkylation sites (N-methyl/N-ethyl adjacent to an activating group) is 1. The second-order valence-electron chi connectivity index (χ2n) is 3.46. The molecular weight excluding hydrogens is 220 g/mol. The predicted octanol–water partition coefficient (Wildman–Crippen LogP) is 1.96. The summed E-state index contributed by atoms with van der Waals surface area (Å²) in [4.78, 5) is 2.93. The first-order chi connectivity index (χ1) is 7.71. The topological polar surface area (TPSA) is 65.1 Å². The molecule has 0 aliphatic heterocycles. The third-order valence-electron chi connectivity index (χ3n) is 2.48. The van der Waals surface area contributed by atoms with Gasteiger partial charge in [0.2, 0.25) is 0 Å². The van der Waals surface area contributed by atoms with Gasteiger partial charge in [-0.2, -0.15) is 5.26 Å². The fourth-order valence-electron chi connectivity index (χ4n) is 1.46. The number of nitrogens with two attached hydrogens (primary N) is 1. The van der Waals surface area contributed by atoms with E-state index < -0.39 is 0 Å². The number of nitriles is 1. The van der Waals surface area contributed by atoms with Crippen molar-refractivity contribution >= 4 is 22.0 Å². The standard InChI is InChI=1S/C11H18N4S/c1-3-15(4-2)6-5-14-11-7-9(13)10(8-12)16-11/h7,14H,3-6,13H2,1-2H3. The van der Waals surface area contributed by atoms with E-state index in [1.54, 1.807) is 0 Å². The third-order valence-corrected chi connectivity index (χ3v) is 3.50. The summed E-state index contributed by atoms with van der Waals surface area (Å²) in [6.45, 7) is 8.32. The molecule has 4 nitrogen and oxygen atoms in total. The Labute approximate surface area is 101 Å². The molecule has 16 heavy (non-hydrogen) atoms. The normalized spacial score (nSPS) is 10.4. The van der Waals surface area contributed by atoms with Crippen molar-refractivity contribution in [2.45, 2.75) is 13.8 Å². The Balaban J connectivity index is 2.40. The van der Waals surface area contributed by atoms with Crippen molar-refractivity contribution in [1.82, 2.24) is 4.90 Å². The highest BCUT2D eigenvalue weighted by Crippen LogP contribution is 2.27. The molecule has 0 bridgehead atoms. The first kappa shape index (κ1) is 12.8. The summed E-state index contributed by atoms with van der Waals surface area (Å²) in [5.74, 6) is 0. The van der Waals surface area contributed by atoms with E-state index in [0.717, 1.165) is 31.2 Å². The minimum Gasteiger partial charge on any atom is -0.397 e. The SMILES string of the molecule is CCN(CC)CCNc1cc(N)c(C#N)s1. The van der Waals surface area contributed by atoms with Gasteiger partial charge in [-0.25, -0.2) is 0 Å². The van der Waals surface area contributed by atoms with E-state index in [1.165, 1.54) is 11.3 Å². The van der Waals surface area contributed by atoms with Crippen LogP contribution in [-0.4, -0.2) is 31.1 Å². The molecule has 5 heteroatoms. The summed E-state index contributed by atoms with van der Waals surface area (Å²) in [7, 11) is 0. The van der Waals surface area contributed by atoms with Crippen LogP contribution in [0.15, 0.2) is 6.07 Å². The van der Waals surface area contributed by atoms with E-state index in [9.17, 15) is 0 Å².